The van der Waals surface area contributed by atoms with Gasteiger partial charge in [-0.3, -0.25) is 15.2 Å². The molecule has 0 amide bonds. The van der Waals surface area contributed by atoms with Crippen LogP contribution in [0.25, 0.3) is 10.8 Å². The third-order valence-corrected chi connectivity index (χ3v) is 6.68. The number of hydrogen-bond acceptors (Lipinski definition) is 6. The number of pyridine rings is 1. The number of carboxylic acids is 2. The molecule has 3 rings (SSSR count). The van der Waals surface area contributed by atoms with Crippen molar-refractivity contribution in [2.24, 2.45) is 5.73 Å². The summed E-state index contributed by atoms with van der Waals surface area (Å²) >= 11 is 6.00. The first-order valence-electron chi connectivity index (χ1n) is 9.88. The third kappa shape index (κ3) is 7.77. The summed E-state index contributed by atoms with van der Waals surface area (Å²) in [7, 11) is -4.12. The zero-order chi connectivity index (χ0) is 28.0. The van der Waals surface area contributed by atoms with E-state index in [1.54, 1.807) is 30.3 Å². The molecule has 0 atom stereocenters. The van der Waals surface area contributed by atoms with E-state index in [0.717, 1.165) is 8.72 Å². The minimum atomic E-state index is -5.08. The number of aliphatic carboxylic acids is 2. The Labute approximate surface area is 213 Å². The Kier molecular flexibility index (Phi) is 9.38. The van der Waals surface area contributed by atoms with Gasteiger partial charge in [-0.25, -0.2) is 17.6 Å². The van der Waals surface area contributed by atoms with Crippen LogP contribution in [0.4, 0.5) is 18.9 Å². The van der Waals surface area contributed by atoms with Gasteiger partial charge in [0.2, 0.25) is 16.0 Å². The topological polar surface area (TPSA) is 178 Å². The quantitative estimate of drug-likeness (QED) is 0.192. The molecule has 0 unspecified atom stereocenters. The van der Waals surface area contributed by atoms with E-state index in [4.69, 9.17) is 32.8 Å². The fourth-order valence-electron chi connectivity index (χ4n) is 2.90. The molecule has 0 spiro atoms. The summed E-state index contributed by atoms with van der Waals surface area (Å²) in [6.45, 7) is -0.779. The second-order valence-corrected chi connectivity index (χ2v) is 9.44. The Hall–Kier alpha value is -3.95. The van der Waals surface area contributed by atoms with Gasteiger partial charge in [-0.2, -0.15) is 17.5 Å². The second kappa shape index (κ2) is 11.9. The molecule has 2 aromatic carbocycles. The maximum absolute atomic E-state index is 13.2. The summed E-state index contributed by atoms with van der Waals surface area (Å²) < 4.78 is 59.9. The number of nitrogens with one attached hydrogen (secondary N) is 1. The van der Waals surface area contributed by atoms with Crippen LogP contribution in [-0.2, 0) is 26.2 Å². The van der Waals surface area contributed by atoms with Crippen LogP contribution in [0.1, 0.15) is 5.56 Å². The van der Waals surface area contributed by atoms with Gasteiger partial charge in [-0.15, -0.1) is 0 Å². The van der Waals surface area contributed by atoms with Gasteiger partial charge in [0.25, 0.3) is 0 Å². The minimum Gasteiger partial charge on any atom is -0.480 e. The van der Waals surface area contributed by atoms with E-state index in [0.29, 0.717) is 22.0 Å². The third-order valence-electron chi connectivity index (χ3n) is 4.53. The first kappa shape index (κ1) is 29.3. The van der Waals surface area contributed by atoms with Gasteiger partial charge < -0.3 is 15.9 Å². The van der Waals surface area contributed by atoms with Crippen LogP contribution >= 0.6 is 11.8 Å². The number of nitrogens with zero attached hydrogens (tertiary/aromatic N) is 3. The maximum atomic E-state index is 13.2. The smallest absolute Gasteiger partial charge is 0.480 e. The zero-order valence-electron chi connectivity index (χ0n) is 18.6. The first-order chi connectivity index (χ1) is 17.1. The number of rotatable bonds is 7. The lowest BCUT2D eigenvalue weighted by molar-refractivity contribution is -0.192. The lowest BCUT2D eigenvalue weighted by Crippen LogP contribution is -2.35. The van der Waals surface area contributed by atoms with Gasteiger partial charge in [0, 0.05) is 35.3 Å². The Balaban J connectivity index is 0.000000604. The molecule has 0 aliphatic heterocycles. The van der Waals surface area contributed by atoms with Crippen LogP contribution < -0.4 is 10.2 Å². The van der Waals surface area contributed by atoms with Crippen molar-refractivity contribution in [2.45, 2.75) is 17.6 Å². The summed E-state index contributed by atoms with van der Waals surface area (Å²) in [5, 5.41) is 24.8. The van der Waals surface area contributed by atoms with Crippen molar-refractivity contribution in [3.63, 3.8) is 0 Å². The van der Waals surface area contributed by atoms with Gasteiger partial charge >= 0.3 is 18.1 Å². The van der Waals surface area contributed by atoms with Crippen LogP contribution in [0.3, 0.4) is 0 Å². The molecule has 37 heavy (non-hydrogen) atoms. The second-order valence-electron chi connectivity index (χ2n) is 7.16. The largest absolute Gasteiger partial charge is 0.490 e. The number of nitrogens with two attached hydrogens (primary N) is 1. The van der Waals surface area contributed by atoms with Crippen LogP contribution in [0, 0.1) is 5.41 Å². The molecule has 3 aromatic rings. The number of alkyl halides is 3. The summed E-state index contributed by atoms with van der Waals surface area (Å²) in [6, 6.07) is 13.0. The summed E-state index contributed by atoms with van der Waals surface area (Å²) in [6.07, 6.45) is -2.24. The molecule has 0 saturated carbocycles. The van der Waals surface area contributed by atoms with E-state index in [1.807, 2.05) is 0 Å². The molecule has 11 nitrogen and oxygen atoms in total. The highest BCUT2D eigenvalue weighted by Crippen LogP contribution is 2.30. The van der Waals surface area contributed by atoms with Crippen LogP contribution in [0.5, 0.6) is 0 Å². The predicted octanol–water partition coefficient (Wildman–Crippen LogP) is 3.00. The molecule has 16 heteroatoms. The lowest BCUT2D eigenvalue weighted by Gasteiger charge is -2.21. The lowest BCUT2D eigenvalue weighted by atomic mass is 10.1. The number of anilines is 1. The minimum absolute atomic E-state index is 0.0879. The summed E-state index contributed by atoms with van der Waals surface area (Å²) in [5.41, 5.74) is 6.38. The molecule has 1 heterocycles. The van der Waals surface area contributed by atoms with Gasteiger partial charge in [-0.1, -0.05) is 36.4 Å². The number of guanidine groups is 1. The number of hydrogen-bond donors (Lipinski definition) is 4. The van der Waals surface area contributed by atoms with Gasteiger partial charge in [-0.05, 0) is 17.7 Å². The zero-order valence-corrected chi connectivity index (χ0v) is 20.1. The fraction of sp³-hybridized carbons (Fsp3) is 0.143. The molecule has 198 valence electrons. The van der Waals surface area contributed by atoms with E-state index in [9.17, 15) is 31.5 Å². The van der Waals surface area contributed by atoms with E-state index >= 15 is 0 Å². The van der Waals surface area contributed by atoms with E-state index < -0.39 is 40.6 Å². The van der Waals surface area contributed by atoms with Crippen LogP contribution in [0.2, 0.25) is 0 Å². The standard InChI is InChI=1S/C19H18ClN5O4S.C2HF3O2/c20-25(19(21)22)17-10-23-9-14-8-15(6-7-16(14)17)30(28,29)24(12-18(26)27)11-13-4-2-1-3-5-13;3-2(4,5)1(6)7/h1-10H,11-12H2,(H3,21,22)(H,26,27);(H,6,7). The van der Waals surface area contributed by atoms with Gasteiger partial charge in [0.15, 0.2) is 0 Å². The molecule has 0 aliphatic rings. The molecular weight excluding hydrogens is 543 g/mol. The first-order valence-corrected chi connectivity index (χ1v) is 11.7. The van der Waals surface area contributed by atoms with Crippen molar-refractivity contribution in [2.75, 3.05) is 11.0 Å². The fourth-order valence-corrected chi connectivity index (χ4v) is 4.45. The SMILES string of the molecule is N=C(N)N(Cl)c1cncc2cc(S(=O)(=O)N(CC(=O)O)Cc3ccccc3)ccc12.O=C(O)C(F)(F)F. The normalized spacial score (nSPS) is 11.5. The summed E-state index contributed by atoms with van der Waals surface area (Å²) in [4.78, 5) is 24.1. The summed E-state index contributed by atoms with van der Waals surface area (Å²) in [5.74, 6) is -4.44. The number of aromatic nitrogens is 1. The van der Waals surface area contributed by atoms with Crippen LogP contribution in [0.15, 0.2) is 65.8 Å². The molecule has 0 radical (unpaired) electrons. The molecule has 0 saturated heterocycles. The number of halogens is 4. The Morgan fingerprint density at radius 2 is 1.68 bits per heavy atom. The van der Waals surface area contributed by atoms with Crippen molar-refractivity contribution < 1.29 is 41.4 Å². The highest BCUT2D eigenvalue weighted by atomic mass is 35.5. The monoisotopic (exact) mass is 561 g/mol. The Bertz CT molecular complexity index is 1410. The van der Waals surface area contributed by atoms with Crippen molar-refractivity contribution in [1.82, 2.24) is 9.29 Å². The highest BCUT2D eigenvalue weighted by molar-refractivity contribution is 7.89. The highest BCUT2D eigenvalue weighted by Gasteiger charge is 2.38. The number of sulfonamides is 1. The molecule has 0 bridgehead atoms. The molecule has 0 aliphatic carbocycles. The molecule has 0 fully saturated rings. The van der Waals surface area contributed by atoms with Crippen molar-refractivity contribution in [3.05, 3.63) is 66.5 Å². The van der Waals surface area contributed by atoms with Crippen molar-refractivity contribution in [3.8, 4) is 0 Å². The van der Waals surface area contributed by atoms with E-state index in [-0.39, 0.29) is 11.4 Å². The average molecular weight is 562 g/mol. The maximum Gasteiger partial charge on any atom is 0.490 e. The Morgan fingerprint density at radius 1 is 1.08 bits per heavy atom. The van der Waals surface area contributed by atoms with E-state index in [2.05, 4.69) is 4.98 Å². The van der Waals surface area contributed by atoms with Gasteiger partial charge in [0.1, 0.15) is 6.54 Å². The number of fused-ring (bicyclic) bond motifs is 1. The van der Waals surface area contributed by atoms with E-state index in [1.165, 1.54) is 30.6 Å². The number of carbonyl (C=O) groups is 2. The number of carboxylic acid groups (broad SMARTS) is 2. The average Bonchev–Trinajstić information content (AvgIpc) is 2.82. The van der Waals surface area contributed by atoms with Gasteiger partial charge in [0.05, 0.1) is 16.8 Å². The van der Waals surface area contributed by atoms with Crippen molar-refractivity contribution >= 4 is 56.2 Å². The molecular formula is C21H19ClF3N5O6S. The van der Waals surface area contributed by atoms with Crippen molar-refractivity contribution in [1.29, 1.82) is 5.41 Å². The number of benzene rings is 2. The Morgan fingerprint density at radius 3 is 2.19 bits per heavy atom. The molecule has 1 aromatic heterocycles. The predicted molar refractivity (Wildman–Crippen MR) is 127 cm³/mol. The molecule has 5 N–H and O–H groups in total. The van der Waals surface area contributed by atoms with Crippen LogP contribution in [-0.4, -0.2) is 58.5 Å².